The molecule has 1 aliphatic heterocycles. The lowest BCUT2D eigenvalue weighted by Crippen LogP contribution is -2.30. The van der Waals surface area contributed by atoms with Crippen LogP contribution < -0.4 is 4.90 Å². The molecular weight excluding hydrogens is 603 g/mol. The zero-order valence-electron chi connectivity index (χ0n) is 26.1. The van der Waals surface area contributed by atoms with Gasteiger partial charge in [-0.05, 0) is 76.9 Å². The summed E-state index contributed by atoms with van der Waals surface area (Å²) in [4.78, 5) is 2.27. The van der Waals surface area contributed by atoms with Crippen molar-refractivity contribution < 1.29 is 8.83 Å². The molecule has 1 aliphatic carbocycles. The van der Waals surface area contributed by atoms with Crippen molar-refractivity contribution in [1.29, 1.82) is 10.5 Å². The zero-order chi connectivity index (χ0) is 32.6. The number of nitrogens with zero attached hydrogens (tertiary/aromatic N) is 3. The summed E-state index contributed by atoms with van der Waals surface area (Å²) in [6.45, 7) is 0. The van der Waals surface area contributed by atoms with Crippen molar-refractivity contribution in [3.63, 3.8) is 0 Å². The standard InChI is InChI=1S/C44H25N3O2/c45-24-26-13-18-39-35(21-26)32-10-4-5-12-38(32)47(39)42-30(25-46)9-6-11-31(42)29-15-20-41-37(23-29)34-17-16-33-36-22-28(27-7-2-1-3-8-27)14-19-40(36)48-43(33)44(34)49-41/h1-23,35,39H. The van der Waals surface area contributed by atoms with Crippen molar-refractivity contribution >= 4 is 55.3 Å². The largest absolute Gasteiger partial charge is 0.452 e. The first-order valence-electron chi connectivity index (χ1n) is 16.3. The van der Waals surface area contributed by atoms with Crippen molar-refractivity contribution in [3.8, 4) is 34.4 Å². The molecule has 2 unspecified atom stereocenters. The number of anilines is 2. The van der Waals surface area contributed by atoms with E-state index in [-0.39, 0.29) is 12.0 Å². The highest BCUT2D eigenvalue weighted by atomic mass is 16.4. The Kier molecular flexibility index (Phi) is 5.76. The Hall–Kier alpha value is -6.82. The highest BCUT2D eigenvalue weighted by Crippen LogP contribution is 2.51. The maximum atomic E-state index is 10.4. The lowest BCUT2D eigenvalue weighted by Gasteiger charge is -2.31. The van der Waals surface area contributed by atoms with Crippen LogP contribution in [0.25, 0.3) is 66.1 Å². The molecule has 0 bridgehead atoms. The molecule has 2 aromatic heterocycles. The second-order valence-electron chi connectivity index (χ2n) is 12.7. The van der Waals surface area contributed by atoms with Crippen LogP contribution in [-0.4, -0.2) is 6.04 Å². The normalized spacial score (nSPS) is 16.5. The number of furan rings is 2. The van der Waals surface area contributed by atoms with Gasteiger partial charge in [0.25, 0.3) is 0 Å². The van der Waals surface area contributed by atoms with Gasteiger partial charge in [-0.1, -0.05) is 84.9 Å². The van der Waals surface area contributed by atoms with E-state index >= 15 is 0 Å². The SMILES string of the molecule is N#CC1=CC2c3ccccc3N(c3c(C#N)cccc3-c3ccc4oc5c(ccc6c7cc(-c8ccccc8)ccc7oc65)c4c3)C2C=C1. The quantitative estimate of drug-likeness (QED) is 0.195. The van der Waals surface area contributed by atoms with E-state index in [2.05, 4.69) is 102 Å². The molecule has 0 radical (unpaired) electrons. The van der Waals surface area contributed by atoms with E-state index in [0.29, 0.717) is 11.1 Å². The summed E-state index contributed by atoms with van der Waals surface area (Å²) in [5.74, 6) is 0.00531. The number of benzene rings is 6. The van der Waals surface area contributed by atoms with E-state index < -0.39 is 0 Å². The Balaban J connectivity index is 1.14. The maximum Gasteiger partial charge on any atom is 0.178 e. The van der Waals surface area contributed by atoms with Crippen molar-refractivity contribution in [3.05, 3.63) is 156 Å². The molecule has 2 aliphatic rings. The molecule has 0 fully saturated rings. The van der Waals surface area contributed by atoms with Gasteiger partial charge in [0.1, 0.15) is 17.2 Å². The van der Waals surface area contributed by atoms with Gasteiger partial charge in [-0.2, -0.15) is 10.5 Å². The Morgan fingerprint density at radius 3 is 2.02 bits per heavy atom. The number of nitriles is 2. The molecule has 6 aromatic carbocycles. The molecule has 49 heavy (non-hydrogen) atoms. The number of allylic oxidation sites excluding steroid dienone is 2. The molecule has 0 amide bonds. The Morgan fingerprint density at radius 1 is 0.592 bits per heavy atom. The predicted molar refractivity (Wildman–Crippen MR) is 195 cm³/mol. The average molecular weight is 628 g/mol. The minimum Gasteiger partial charge on any atom is -0.452 e. The summed E-state index contributed by atoms with van der Waals surface area (Å²) in [7, 11) is 0. The van der Waals surface area contributed by atoms with Gasteiger partial charge in [0, 0.05) is 44.3 Å². The molecule has 5 nitrogen and oxygen atoms in total. The minimum absolute atomic E-state index is 0.00531. The Morgan fingerprint density at radius 2 is 1.29 bits per heavy atom. The van der Waals surface area contributed by atoms with E-state index in [1.165, 1.54) is 0 Å². The Bertz CT molecular complexity index is 2820. The maximum absolute atomic E-state index is 10.4. The van der Waals surface area contributed by atoms with Gasteiger partial charge in [-0.25, -0.2) is 0 Å². The Labute approximate surface area is 281 Å². The first-order chi connectivity index (χ1) is 24.2. The smallest absolute Gasteiger partial charge is 0.178 e. The van der Waals surface area contributed by atoms with Crippen LogP contribution in [0.4, 0.5) is 11.4 Å². The molecule has 10 rings (SSSR count). The second kappa shape index (κ2) is 10.3. The topological polar surface area (TPSA) is 77.1 Å². The third-order valence-corrected chi connectivity index (χ3v) is 10.1. The van der Waals surface area contributed by atoms with E-state index in [1.54, 1.807) is 0 Å². The summed E-state index contributed by atoms with van der Waals surface area (Å²) in [6.07, 6.45) is 6.03. The van der Waals surface area contributed by atoms with Crippen molar-refractivity contribution in [2.45, 2.75) is 12.0 Å². The molecule has 2 atom stereocenters. The molecular formula is C44H25N3O2. The van der Waals surface area contributed by atoms with E-state index in [9.17, 15) is 10.5 Å². The fraction of sp³-hybridized carbons (Fsp3) is 0.0455. The van der Waals surface area contributed by atoms with Gasteiger partial charge in [-0.15, -0.1) is 0 Å². The van der Waals surface area contributed by atoms with E-state index in [4.69, 9.17) is 8.83 Å². The number of para-hydroxylation sites is 2. The molecule has 0 saturated carbocycles. The fourth-order valence-corrected chi connectivity index (χ4v) is 7.86. The van der Waals surface area contributed by atoms with Crippen LogP contribution in [0.1, 0.15) is 17.0 Å². The predicted octanol–water partition coefficient (Wildman–Crippen LogP) is 11.3. The minimum atomic E-state index is -0.0648. The van der Waals surface area contributed by atoms with Crippen LogP contribution in [0.5, 0.6) is 0 Å². The lowest BCUT2D eigenvalue weighted by molar-refractivity contribution is 0.633. The van der Waals surface area contributed by atoms with Crippen LogP contribution in [0, 0.1) is 22.7 Å². The average Bonchev–Trinajstić information content (AvgIpc) is 3.83. The van der Waals surface area contributed by atoms with Crippen LogP contribution >= 0.6 is 0 Å². The fourth-order valence-electron chi connectivity index (χ4n) is 7.86. The molecule has 3 heterocycles. The summed E-state index contributed by atoms with van der Waals surface area (Å²) in [6, 6.07) is 46.1. The van der Waals surface area contributed by atoms with Gasteiger partial charge in [-0.3, -0.25) is 0 Å². The molecule has 228 valence electrons. The van der Waals surface area contributed by atoms with Gasteiger partial charge in [0.15, 0.2) is 11.2 Å². The van der Waals surface area contributed by atoms with Crippen LogP contribution in [-0.2, 0) is 0 Å². The summed E-state index contributed by atoms with van der Waals surface area (Å²) < 4.78 is 13.0. The highest BCUT2D eigenvalue weighted by Gasteiger charge is 2.40. The second-order valence-corrected chi connectivity index (χ2v) is 12.7. The lowest BCUT2D eigenvalue weighted by atomic mass is 9.88. The van der Waals surface area contributed by atoms with E-state index in [1.807, 2.05) is 54.6 Å². The molecule has 0 spiro atoms. The monoisotopic (exact) mass is 627 g/mol. The third kappa shape index (κ3) is 3.97. The molecule has 8 aromatic rings. The van der Waals surface area contributed by atoms with E-state index in [0.717, 1.165) is 83.1 Å². The number of hydrogen-bond donors (Lipinski definition) is 0. The van der Waals surface area contributed by atoms with Crippen molar-refractivity contribution in [2.24, 2.45) is 0 Å². The van der Waals surface area contributed by atoms with Crippen LogP contribution in [0.2, 0.25) is 0 Å². The number of hydrogen-bond acceptors (Lipinski definition) is 5. The summed E-state index contributed by atoms with van der Waals surface area (Å²) in [5, 5.41) is 24.1. The first kappa shape index (κ1) is 27.3. The molecule has 5 heteroatoms. The van der Waals surface area contributed by atoms with Gasteiger partial charge in [0.2, 0.25) is 0 Å². The highest BCUT2D eigenvalue weighted by molar-refractivity contribution is 6.19. The van der Waals surface area contributed by atoms with Crippen molar-refractivity contribution in [1.82, 2.24) is 0 Å². The first-order valence-corrected chi connectivity index (χ1v) is 16.3. The molecule has 0 saturated heterocycles. The van der Waals surface area contributed by atoms with Crippen LogP contribution in [0.15, 0.2) is 154 Å². The van der Waals surface area contributed by atoms with Gasteiger partial charge >= 0.3 is 0 Å². The van der Waals surface area contributed by atoms with Gasteiger partial charge < -0.3 is 13.7 Å². The third-order valence-electron chi connectivity index (χ3n) is 10.1. The summed E-state index contributed by atoms with van der Waals surface area (Å²) >= 11 is 0. The van der Waals surface area contributed by atoms with Gasteiger partial charge in [0.05, 0.1) is 23.4 Å². The van der Waals surface area contributed by atoms with Crippen molar-refractivity contribution in [2.75, 3.05) is 4.90 Å². The zero-order valence-corrected chi connectivity index (χ0v) is 26.1. The number of rotatable bonds is 3. The summed E-state index contributed by atoms with van der Waals surface area (Å²) in [5.41, 5.74) is 11.5. The number of fused-ring (bicyclic) bond motifs is 10. The molecule has 0 N–H and O–H groups in total. The van der Waals surface area contributed by atoms with Crippen LogP contribution in [0.3, 0.4) is 0 Å².